The summed E-state index contributed by atoms with van der Waals surface area (Å²) in [5.74, 6) is 1.86. The summed E-state index contributed by atoms with van der Waals surface area (Å²) in [7, 11) is 3.07. The number of nitrogens with one attached hydrogen (secondary N) is 2. The summed E-state index contributed by atoms with van der Waals surface area (Å²) in [6.45, 7) is 0.907. The first-order valence-electron chi connectivity index (χ1n) is 9.75. The van der Waals surface area contributed by atoms with E-state index >= 15 is 0 Å². The van der Waals surface area contributed by atoms with Gasteiger partial charge in [-0.3, -0.25) is 10.1 Å². The summed E-state index contributed by atoms with van der Waals surface area (Å²) < 4.78 is 27.0. The second-order valence-electron chi connectivity index (χ2n) is 6.59. The lowest BCUT2D eigenvalue weighted by molar-refractivity contribution is -0.117. The first-order valence-corrected chi connectivity index (χ1v) is 10.7. The Labute approximate surface area is 192 Å². The minimum Gasteiger partial charge on any atom is -0.493 e. The summed E-state index contributed by atoms with van der Waals surface area (Å²) in [5, 5.41) is 12.9. The summed E-state index contributed by atoms with van der Waals surface area (Å²) >= 11 is 1.00. The fourth-order valence-corrected chi connectivity index (χ4v) is 3.49. The number of ether oxygens (including phenoxy) is 4. The van der Waals surface area contributed by atoms with Gasteiger partial charge in [-0.05, 0) is 30.3 Å². The van der Waals surface area contributed by atoms with Gasteiger partial charge in [0.05, 0.1) is 20.0 Å². The monoisotopic (exact) mass is 472 g/mol. The molecule has 0 saturated carbocycles. The number of aromatic nitrogens is 2. The molecular formula is C21H20N4O7S. The number of imide groups is 1. The summed E-state index contributed by atoms with van der Waals surface area (Å²) in [5.41, 5.74) is 1.10. The molecule has 4 rings (SSSR count). The maximum absolute atomic E-state index is 12.1. The lowest BCUT2D eigenvalue weighted by atomic mass is 10.2. The number of nitrogens with zero attached hydrogens (tertiary/aromatic N) is 2. The van der Waals surface area contributed by atoms with E-state index in [0.717, 1.165) is 11.8 Å². The van der Waals surface area contributed by atoms with Gasteiger partial charge >= 0.3 is 6.03 Å². The summed E-state index contributed by atoms with van der Waals surface area (Å²) in [6, 6.07) is 9.47. The van der Waals surface area contributed by atoms with Crippen LogP contribution in [0.3, 0.4) is 0 Å². The van der Waals surface area contributed by atoms with Crippen LogP contribution >= 0.6 is 11.8 Å². The molecule has 0 unspecified atom stereocenters. The molecule has 1 aromatic heterocycles. The molecular weight excluding hydrogens is 452 g/mol. The van der Waals surface area contributed by atoms with Crippen LogP contribution in [-0.2, 0) is 4.79 Å². The van der Waals surface area contributed by atoms with E-state index in [9.17, 15) is 9.59 Å². The molecule has 3 amide bonds. The first-order chi connectivity index (χ1) is 16.1. The third kappa shape index (κ3) is 5.47. The molecule has 0 bridgehead atoms. The van der Waals surface area contributed by atoms with Gasteiger partial charge in [-0.1, -0.05) is 11.8 Å². The van der Waals surface area contributed by atoms with Gasteiger partial charge in [0, 0.05) is 17.3 Å². The number of carbonyl (C=O) groups is 2. The van der Waals surface area contributed by atoms with Gasteiger partial charge in [-0.2, -0.15) is 0 Å². The molecule has 0 atom stereocenters. The molecule has 12 heteroatoms. The fraction of sp³-hybridized carbons (Fsp3) is 0.238. The molecule has 2 N–H and O–H groups in total. The molecule has 2 heterocycles. The van der Waals surface area contributed by atoms with Gasteiger partial charge in [0.2, 0.25) is 11.8 Å². The van der Waals surface area contributed by atoms with Crippen molar-refractivity contribution < 1.29 is 33.0 Å². The van der Waals surface area contributed by atoms with Gasteiger partial charge in [0.25, 0.3) is 5.22 Å². The van der Waals surface area contributed by atoms with Crippen LogP contribution in [0.4, 0.5) is 10.5 Å². The highest BCUT2D eigenvalue weighted by Gasteiger charge is 2.16. The standard InChI is InChI=1S/C21H20N4O7S/c1-28-14-5-3-12(9-16(14)29-2)19-24-25-21(32-19)33-11-18(26)23-20(27)22-13-4-6-15-17(10-13)31-8-7-30-15/h3-6,9-10H,7-8,11H2,1-2H3,(H2,22,23,26,27). The minimum atomic E-state index is -0.672. The number of carbonyl (C=O) groups excluding carboxylic acids is 2. The van der Waals surface area contributed by atoms with E-state index in [4.69, 9.17) is 23.4 Å². The van der Waals surface area contributed by atoms with E-state index < -0.39 is 11.9 Å². The number of hydrogen-bond acceptors (Lipinski definition) is 10. The molecule has 11 nitrogen and oxygen atoms in total. The number of hydrogen-bond donors (Lipinski definition) is 2. The van der Waals surface area contributed by atoms with Gasteiger partial charge in [-0.15, -0.1) is 10.2 Å². The highest BCUT2D eigenvalue weighted by atomic mass is 32.2. The van der Waals surface area contributed by atoms with Crippen molar-refractivity contribution in [1.82, 2.24) is 15.5 Å². The predicted molar refractivity (Wildman–Crippen MR) is 118 cm³/mol. The predicted octanol–water partition coefficient (Wildman–Crippen LogP) is 2.97. The maximum Gasteiger partial charge on any atom is 0.325 e. The van der Waals surface area contributed by atoms with E-state index in [1.165, 1.54) is 7.11 Å². The lowest BCUT2D eigenvalue weighted by Crippen LogP contribution is -2.35. The van der Waals surface area contributed by atoms with Crippen molar-refractivity contribution in [3.8, 4) is 34.5 Å². The van der Waals surface area contributed by atoms with Crippen LogP contribution in [0.15, 0.2) is 46.0 Å². The topological polar surface area (TPSA) is 134 Å². The molecule has 0 fully saturated rings. The summed E-state index contributed by atoms with van der Waals surface area (Å²) in [6.07, 6.45) is 0. The average molecular weight is 472 g/mol. The van der Waals surface area contributed by atoms with Crippen LogP contribution in [0.5, 0.6) is 23.0 Å². The van der Waals surface area contributed by atoms with Crippen LogP contribution < -0.4 is 29.6 Å². The second-order valence-corrected chi connectivity index (χ2v) is 7.52. The van der Waals surface area contributed by atoms with Gasteiger partial charge < -0.3 is 28.7 Å². The van der Waals surface area contributed by atoms with Crippen LogP contribution in [-0.4, -0.2) is 55.3 Å². The largest absolute Gasteiger partial charge is 0.493 e. The third-order valence-electron chi connectivity index (χ3n) is 4.42. The normalized spacial score (nSPS) is 12.1. The van der Waals surface area contributed by atoms with E-state index in [1.807, 2.05) is 0 Å². The van der Waals surface area contributed by atoms with Crippen molar-refractivity contribution in [1.29, 1.82) is 0 Å². The molecule has 33 heavy (non-hydrogen) atoms. The number of urea groups is 1. The molecule has 0 aliphatic carbocycles. The summed E-state index contributed by atoms with van der Waals surface area (Å²) in [4.78, 5) is 24.2. The van der Waals surface area contributed by atoms with E-state index in [-0.39, 0.29) is 16.9 Å². The Morgan fingerprint density at radius 3 is 2.58 bits per heavy atom. The number of benzene rings is 2. The number of thioether (sulfide) groups is 1. The van der Waals surface area contributed by atoms with Crippen molar-refractivity contribution in [3.05, 3.63) is 36.4 Å². The number of amides is 3. The van der Waals surface area contributed by atoms with Gasteiger partial charge in [-0.25, -0.2) is 4.79 Å². The Kier molecular flexibility index (Phi) is 6.83. The fourth-order valence-electron chi connectivity index (χ4n) is 2.93. The van der Waals surface area contributed by atoms with E-state index in [1.54, 1.807) is 43.5 Å². The number of anilines is 1. The quantitative estimate of drug-likeness (QED) is 0.494. The smallest absolute Gasteiger partial charge is 0.325 e. The van der Waals surface area contributed by atoms with Crippen molar-refractivity contribution >= 4 is 29.4 Å². The number of fused-ring (bicyclic) bond motifs is 1. The van der Waals surface area contributed by atoms with Crippen molar-refractivity contribution in [2.45, 2.75) is 5.22 Å². The Morgan fingerprint density at radius 2 is 1.79 bits per heavy atom. The van der Waals surface area contributed by atoms with Gasteiger partial charge in [0.1, 0.15) is 13.2 Å². The van der Waals surface area contributed by atoms with Crippen LogP contribution in [0.1, 0.15) is 0 Å². The zero-order valence-corrected chi connectivity index (χ0v) is 18.6. The molecule has 0 spiro atoms. The molecule has 3 aromatic rings. The van der Waals surface area contributed by atoms with Crippen LogP contribution in [0.25, 0.3) is 11.5 Å². The van der Waals surface area contributed by atoms with Gasteiger partial charge in [0.15, 0.2) is 23.0 Å². The zero-order chi connectivity index (χ0) is 23.2. The van der Waals surface area contributed by atoms with E-state index in [0.29, 0.717) is 47.5 Å². The van der Waals surface area contributed by atoms with E-state index in [2.05, 4.69) is 20.8 Å². The SMILES string of the molecule is COc1ccc(-c2nnc(SCC(=O)NC(=O)Nc3ccc4c(c3)OCCO4)o2)cc1OC. The van der Waals surface area contributed by atoms with Crippen molar-refractivity contribution in [3.63, 3.8) is 0 Å². The lowest BCUT2D eigenvalue weighted by Gasteiger charge is -2.19. The first kappa shape index (κ1) is 22.3. The third-order valence-corrected chi connectivity index (χ3v) is 5.24. The van der Waals surface area contributed by atoms with Crippen molar-refractivity contribution in [2.75, 3.05) is 38.5 Å². The molecule has 0 radical (unpaired) electrons. The zero-order valence-electron chi connectivity index (χ0n) is 17.7. The second kappa shape index (κ2) is 10.1. The van der Waals surface area contributed by atoms with Crippen LogP contribution in [0, 0.1) is 0 Å². The van der Waals surface area contributed by atoms with Crippen LogP contribution in [0.2, 0.25) is 0 Å². The Hall–Kier alpha value is -3.93. The highest BCUT2D eigenvalue weighted by Crippen LogP contribution is 2.33. The average Bonchev–Trinajstić information content (AvgIpc) is 3.31. The Balaban J connectivity index is 1.29. The number of methoxy groups -OCH3 is 2. The molecule has 2 aromatic carbocycles. The maximum atomic E-state index is 12.1. The highest BCUT2D eigenvalue weighted by molar-refractivity contribution is 7.99. The Morgan fingerprint density at radius 1 is 1.00 bits per heavy atom. The minimum absolute atomic E-state index is 0.0951. The molecule has 0 saturated heterocycles. The Bertz CT molecular complexity index is 1170. The van der Waals surface area contributed by atoms with Crippen molar-refractivity contribution in [2.24, 2.45) is 0 Å². The molecule has 1 aliphatic rings. The molecule has 1 aliphatic heterocycles. The number of rotatable bonds is 7. The molecule has 172 valence electrons.